The molecule has 0 spiro atoms. The fraction of sp³-hybridized carbons (Fsp3) is 0.370. The van der Waals surface area contributed by atoms with Gasteiger partial charge in [0.2, 0.25) is 5.91 Å². The van der Waals surface area contributed by atoms with Crippen molar-refractivity contribution in [2.45, 2.75) is 53.2 Å². The van der Waals surface area contributed by atoms with Crippen molar-refractivity contribution in [2.24, 2.45) is 0 Å². The second-order valence-electron chi connectivity index (χ2n) is 9.00. The summed E-state index contributed by atoms with van der Waals surface area (Å²) in [5, 5.41) is 4.67. The van der Waals surface area contributed by atoms with Crippen molar-refractivity contribution in [2.75, 3.05) is 13.1 Å². The number of likely N-dealkylation sites (tertiary alicyclic amines) is 1. The molecule has 4 aromatic rings. The first-order valence-electron chi connectivity index (χ1n) is 12.2. The molecule has 1 aliphatic heterocycles. The lowest BCUT2D eigenvalue weighted by Gasteiger charge is -2.17. The van der Waals surface area contributed by atoms with Crippen molar-refractivity contribution >= 4 is 16.9 Å². The van der Waals surface area contributed by atoms with Crippen molar-refractivity contribution in [1.82, 2.24) is 23.8 Å². The number of amides is 1. The minimum Gasteiger partial charge on any atom is -0.341 e. The Morgan fingerprint density at radius 2 is 1.68 bits per heavy atom. The number of aryl methyl sites for hydroxylation is 3. The van der Waals surface area contributed by atoms with Gasteiger partial charge in [-0.1, -0.05) is 29.8 Å². The number of hydrogen-bond donors (Lipinski definition) is 0. The van der Waals surface area contributed by atoms with Gasteiger partial charge in [0.15, 0.2) is 0 Å². The summed E-state index contributed by atoms with van der Waals surface area (Å²) in [6, 6.07) is 14.5. The van der Waals surface area contributed by atoms with Crippen molar-refractivity contribution in [3.8, 4) is 22.4 Å². The molecule has 1 saturated heterocycles. The molecule has 176 valence electrons. The second kappa shape index (κ2) is 8.97. The Balaban J connectivity index is 1.65. The maximum absolute atomic E-state index is 13.0. The van der Waals surface area contributed by atoms with E-state index in [4.69, 9.17) is 0 Å². The Morgan fingerprint density at radius 3 is 2.38 bits per heavy atom. The van der Waals surface area contributed by atoms with Crippen LogP contribution in [0.15, 0.2) is 53.5 Å². The van der Waals surface area contributed by atoms with Crippen LogP contribution in [0.2, 0.25) is 0 Å². The van der Waals surface area contributed by atoms with Gasteiger partial charge in [-0.2, -0.15) is 5.10 Å². The molecule has 7 heteroatoms. The molecule has 0 bridgehead atoms. The van der Waals surface area contributed by atoms with E-state index < -0.39 is 0 Å². The summed E-state index contributed by atoms with van der Waals surface area (Å²) >= 11 is 0. The van der Waals surface area contributed by atoms with Gasteiger partial charge in [0, 0.05) is 37.3 Å². The minimum absolute atomic E-state index is 0.0166. The monoisotopic (exact) mass is 457 g/mol. The molecule has 0 saturated carbocycles. The van der Waals surface area contributed by atoms with E-state index >= 15 is 0 Å². The third kappa shape index (κ3) is 3.75. The summed E-state index contributed by atoms with van der Waals surface area (Å²) < 4.78 is 5.46. The number of carbonyl (C=O) groups is 1. The lowest BCUT2D eigenvalue weighted by atomic mass is 10.00. The summed E-state index contributed by atoms with van der Waals surface area (Å²) in [5.41, 5.74) is 6.92. The predicted octanol–water partition coefficient (Wildman–Crippen LogP) is 4.30. The number of benzene rings is 2. The number of aromatic nitrogens is 4. The zero-order chi connectivity index (χ0) is 23.8. The van der Waals surface area contributed by atoms with E-state index in [1.807, 2.05) is 50.9 Å². The number of nitrogens with zero attached hydrogens (tertiary/aromatic N) is 5. The van der Waals surface area contributed by atoms with Crippen LogP contribution in [0.5, 0.6) is 0 Å². The van der Waals surface area contributed by atoms with Crippen LogP contribution in [0.25, 0.3) is 33.4 Å². The van der Waals surface area contributed by atoms with Gasteiger partial charge >= 0.3 is 5.69 Å². The van der Waals surface area contributed by atoms with Crippen molar-refractivity contribution in [1.29, 1.82) is 0 Å². The van der Waals surface area contributed by atoms with Gasteiger partial charge in [0.05, 0.1) is 22.9 Å². The third-order valence-corrected chi connectivity index (χ3v) is 6.84. The molecule has 0 atom stereocenters. The van der Waals surface area contributed by atoms with Gasteiger partial charge in [0.25, 0.3) is 0 Å². The van der Waals surface area contributed by atoms with E-state index in [9.17, 15) is 9.59 Å². The van der Waals surface area contributed by atoms with E-state index in [2.05, 4.69) is 42.4 Å². The predicted molar refractivity (Wildman–Crippen MR) is 135 cm³/mol. The summed E-state index contributed by atoms with van der Waals surface area (Å²) in [4.78, 5) is 27.7. The van der Waals surface area contributed by atoms with Crippen molar-refractivity contribution in [3.63, 3.8) is 0 Å². The third-order valence-electron chi connectivity index (χ3n) is 6.84. The summed E-state index contributed by atoms with van der Waals surface area (Å²) in [6.07, 6.45) is 3.98. The SMILES string of the molecule is CCn1c(=O)n(CC)c2cc(-c3cnn(CC(=O)N4CCCC4)c3-c3cccc(C)c3)ccc21. The molecule has 1 aliphatic rings. The van der Waals surface area contributed by atoms with Gasteiger partial charge in [0.1, 0.15) is 6.54 Å². The Kier molecular flexibility index (Phi) is 5.86. The largest absolute Gasteiger partial charge is 0.341 e. The molecule has 2 aromatic carbocycles. The summed E-state index contributed by atoms with van der Waals surface area (Å²) in [7, 11) is 0. The lowest BCUT2D eigenvalue weighted by Crippen LogP contribution is -2.31. The fourth-order valence-corrected chi connectivity index (χ4v) is 5.11. The normalized spacial score (nSPS) is 13.8. The van der Waals surface area contributed by atoms with E-state index in [0.717, 1.165) is 64.9 Å². The van der Waals surface area contributed by atoms with Crippen LogP contribution in [-0.4, -0.2) is 42.8 Å². The molecule has 7 nitrogen and oxygen atoms in total. The Morgan fingerprint density at radius 1 is 0.941 bits per heavy atom. The van der Waals surface area contributed by atoms with Crippen LogP contribution < -0.4 is 5.69 Å². The number of rotatable bonds is 6. The van der Waals surface area contributed by atoms with E-state index in [1.54, 1.807) is 0 Å². The van der Waals surface area contributed by atoms with Crippen molar-refractivity contribution in [3.05, 3.63) is 64.7 Å². The van der Waals surface area contributed by atoms with Crippen LogP contribution in [0.1, 0.15) is 32.3 Å². The number of fused-ring (bicyclic) bond motifs is 1. The summed E-state index contributed by atoms with van der Waals surface area (Å²) in [5.74, 6) is 0.108. The topological polar surface area (TPSA) is 65.1 Å². The highest BCUT2D eigenvalue weighted by Gasteiger charge is 2.22. The first-order chi connectivity index (χ1) is 16.5. The molecule has 34 heavy (non-hydrogen) atoms. The molecule has 2 aromatic heterocycles. The van der Waals surface area contributed by atoms with E-state index in [0.29, 0.717) is 13.1 Å². The van der Waals surface area contributed by atoms with Crippen LogP contribution in [0.4, 0.5) is 0 Å². The van der Waals surface area contributed by atoms with E-state index in [1.165, 1.54) is 0 Å². The average Bonchev–Trinajstić information content (AvgIpc) is 3.56. The smallest absolute Gasteiger partial charge is 0.329 e. The Hall–Kier alpha value is -3.61. The Labute approximate surface area is 199 Å². The first kappa shape index (κ1) is 22.2. The molecule has 0 N–H and O–H groups in total. The summed E-state index contributed by atoms with van der Waals surface area (Å²) in [6.45, 7) is 9.17. The van der Waals surface area contributed by atoms with Crippen LogP contribution in [-0.2, 0) is 24.4 Å². The molecule has 3 heterocycles. The highest BCUT2D eigenvalue weighted by molar-refractivity contribution is 5.88. The van der Waals surface area contributed by atoms with Crippen molar-refractivity contribution < 1.29 is 4.79 Å². The van der Waals surface area contributed by atoms with Crippen LogP contribution >= 0.6 is 0 Å². The lowest BCUT2D eigenvalue weighted by molar-refractivity contribution is -0.130. The molecule has 0 radical (unpaired) electrons. The molecular formula is C27H31N5O2. The highest BCUT2D eigenvalue weighted by Crippen LogP contribution is 2.34. The van der Waals surface area contributed by atoms with Gasteiger partial charge in [-0.25, -0.2) is 4.79 Å². The molecule has 0 aliphatic carbocycles. The number of hydrogen-bond acceptors (Lipinski definition) is 3. The van der Waals surface area contributed by atoms with Gasteiger partial charge in [-0.05, 0) is 57.4 Å². The standard InChI is InChI=1S/C27H31N5O2/c1-4-30-23-12-11-20(16-24(23)31(5-2)27(30)34)22-17-28-32(18-25(33)29-13-6-7-14-29)26(22)21-10-8-9-19(3)15-21/h8-12,15-17H,4-7,13-14,18H2,1-3H3. The average molecular weight is 458 g/mol. The first-order valence-corrected chi connectivity index (χ1v) is 12.2. The zero-order valence-corrected chi connectivity index (χ0v) is 20.1. The maximum Gasteiger partial charge on any atom is 0.329 e. The highest BCUT2D eigenvalue weighted by atomic mass is 16.2. The maximum atomic E-state index is 13.0. The molecule has 1 fully saturated rings. The quantitative estimate of drug-likeness (QED) is 0.434. The zero-order valence-electron chi connectivity index (χ0n) is 20.1. The second-order valence-corrected chi connectivity index (χ2v) is 9.00. The minimum atomic E-state index is 0.0166. The van der Waals surface area contributed by atoms with Crippen LogP contribution in [0, 0.1) is 6.92 Å². The molecule has 5 rings (SSSR count). The molecule has 1 amide bonds. The number of carbonyl (C=O) groups excluding carboxylic acids is 1. The van der Waals surface area contributed by atoms with Gasteiger partial charge < -0.3 is 4.90 Å². The number of imidazole rings is 1. The fourth-order valence-electron chi connectivity index (χ4n) is 5.11. The van der Waals surface area contributed by atoms with Gasteiger partial charge in [-0.15, -0.1) is 0 Å². The molecular weight excluding hydrogens is 426 g/mol. The Bertz CT molecular complexity index is 1420. The van der Waals surface area contributed by atoms with Gasteiger partial charge in [-0.3, -0.25) is 18.6 Å². The molecule has 0 unspecified atom stereocenters. The van der Waals surface area contributed by atoms with Crippen LogP contribution in [0.3, 0.4) is 0 Å². The van der Waals surface area contributed by atoms with E-state index in [-0.39, 0.29) is 18.1 Å².